The van der Waals surface area contributed by atoms with Gasteiger partial charge in [0.25, 0.3) is 0 Å². The van der Waals surface area contributed by atoms with E-state index >= 15 is 0 Å². The lowest BCUT2D eigenvalue weighted by Crippen LogP contribution is -2.39. The van der Waals surface area contributed by atoms with Gasteiger partial charge in [0.05, 0.1) is 13.2 Å². The highest BCUT2D eigenvalue weighted by molar-refractivity contribution is 5.74. The number of ether oxygens (including phenoxy) is 1. The molecule has 0 atom stereocenters. The van der Waals surface area contributed by atoms with Gasteiger partial charge in [-0.05, 0) is 13.8 Å². The SMILES string of the molecule is CCN(CC)c1ncnc(NCCN2CCOCC2)c1N. The molecule has 1 aromatic heterocycles. The lowest BCUT2D eigenvalue weighted by atomic mass is 10.3. The second-order valence-corrected chi connectivity index (χ2v) is 5.01. The van der Waals surface area contributed by atoms with Crippen molar-refractivity contribution in [3.8, 4) is 0 Å². The number of hydrogen-bond acceptors (Lipinski definition) is 7. The molecule has 2 heterocycles. The molecule has 0 aliphatic carbocycles. The first kappa shape index (κ1) is 15.8. The van der Waals surface area contributed by atoms with E-state index in [1.165, 1.54) is 0 Å². The number of hydrogen-bond donors (Lipinski definition) is 2. The lowest BCUT2D eigenvalue weighted by Gasteiger charge is -2.27. The Morgan fingerprint density at radius 3 is 2.67 bits per heavy atom. The maximum atomic E-state index is 6.19. The fourth-order valence-electron chi connectivity index (χ4n) is 2.46. The van der Waals surface area contributed by atoms with E-state index in [1.54, 1.807) is 6.33 Å². The molecule has 0 amide bonds. The molecule has 1 saturated heterocycles. The quantitative estimate of drug-likeness (QED) is 0.764. The van der Waals surface area contributed by atoms with Crippen molar-refractivity contribution in [2.24, 2.45) is 0 Å². The van der Waals surface area contributed by atoms with Gasteiger partial charge in [0.2, 0.25) is 0 Å². The number of nitrogens with zero attached hydrogens (tertiary/aromatic N) is 4. The van der Waals surface area contributed by atoms with Crippen LogP contribution in [0.5, 0.6) is 0 Å². The van der Waals surface area contributed by atoms with Crippen LogP contribution in [-0.4, -0.2) is 67.4 Å². The third-order valence-corrected chi connectivity index (χ3v) is 3.75. The number of morpholine rings is 1. The fourth-order valence-corrected chi connectivity index (χ4v) is 2.46. The molecule has 0 spiro atoms. The lowest BCUT2D eigenvalue weighted by molar-refractivity contribution is 0.0398. The average molecular weight is 294 g/mol. The van der Waals surface area contributed by atoms with Crippen LogP contribution in [0.15, 0.2) is 6.33 Å². The van der Waals surface area contributed by atoms with Crippen LogP contribution in [0.2, 0.25) is 0 Å². The van der Waals surface area contributed by atoms with Crippen LogP contribution in [0, 0.1) is 0 Å². The second kappa shape index (κ2) is 7.99. The maximum absolute atomic E-state index is 6.19. The summed E-state index contributed by atoms with van der Waals surface area (Å²) >= 11 is 0. The Balaban J connectivity index is 1.92. The third kappa shape index (κ3) is 4.18. The molecule has 118 valence electrons. The average Bonchev–Trinajstić information content (AvgIpc) is 2.52. The Bertz CT molecular complexity index is 431. The molecule has 0 saturated carbocycles. The summed E-state index contributed by atoms with van der Waals surface area (Å²) in [6, 6.07) is 0. The Morgan fingerprint density at radius 2 is 2.00 bits per heavy atom. The van der Waals surface area contributed by atoms with E-state index in [-0.39, 0.29) is 0 Å². The van der Waals surface area contributed by atoms with Crippen LogP contribution < -0.4 is 16.0 Å². The van der Waals surface area contributed by atoms with Gasteiger partial charge >= 0.3 is 0 Å². The molecule has 0 bridgehead atoms. The standard InChI is InChI=1S/C14H26N6O/c1-3-20(4-2)14-12(15)13(17-11-18-14)16-5-6-19-7-9-21-10-8-19/h11H,3-10,15H2,1-2H3,(H,16,17,18). The minimum Gasteiger partial charge on any atom is -0.393 e. The van der Waals surface area contributed by atoms with E-state index in [9.17, 15) is 0 Å². The van der Waals surface area contributed by atoms with Crippen LogP contribution in [0.4, 0.5) is 17.3 Å². The first-order chi connectivity index (χ1) is 10.3. The molecule has 3 N–H and O–H groups in total. The first-order valence-electron chi connectivity index (χ1n) is 7.65. The molecule has 1 aliphatic rings. The van der Waals surface area contributed by atoms with Gasteiger partial charge in [0, 0.05) is 39.3 Å². The number of aromatic nitrogens is 2. The number of nitrogens with one attached hydrogen (secondary N) is 1. The normalized spacial score (nSPS) is 15.9. The summed E-state index contributed by atoms with van der Waals surface area (Å²) in [5.41, 5.74) is 6.82. The van der Waals surface area contributed by atoms with Crippen LogP contribution in [0.25, 0.3) is 0 Å². The molecule has 0 aromatic carbocycles. The first-order valence-corrected chi connectivity index (χ1v) is 7.65. The van der Waals surface area contributed by atoms with Crippen molar-refractivity contribution in [1.82, 2.24) is 14.9 Å². The topological polar surface area (TPSA) is 79.5 Å². The van der Waals surface area contributed by atoms with Gasteiger partial charge in [-0.1, -0.05) is 0 Å². The van der Waals surface area contributed by atoms with Gasteiger partial charge in [-0.25, -0.2) is 9.97 Å². The Hall–Kier alpha value is -1.60. The van der Waals surface area contributed by atoms with Crippen molar-refractivity contribution in [3.63, 3.8) is 0 Å². The zero-order valence-electron chi connectivity index (χ0n) is 13.0. The van der Waals surface area contributed by atoms with Gasteiger partial charge in [-0.15, -0.1) is 0 Å². The summed E-state index contributed by atoms with van der Waals surface area (Å²) in [6.07, 6.45) is 1.57. The minimum atomic E-state index is 0.628. The maximum Gasteiger partial charge on any atom is 0.157 e. The van der Waals surface area contributed by atoms with Crippen molar-refractivity contribution in [2.75, 3.05) is 68.4 Å². The molecule has 21 heavy (non-hydrogen) atoms. The molecule has 1 fully saturated rings. The van der Waals surface area contributed by atoms with Gasteiger partial charge in [0.1, 0.15) is 12.0 Å². The predicted octanol–water partition coefficient (Wildman–Crippen LogP) is 0.649. The minimum absolute atomic E-state index is 0.628. The predicted molar refractivity (Wildman–Crippen MR) is 85.8 cm³/mol. The van der Waals surface area contributed by atoms with Crippen molar-refractivity contribution < 1.29 is 4.74 Å². The summed E-state index contributed by atoms with van der Waals surface area (Å²) in [6.45, 7) is 11.4. The summed E-state index contributed by atoms with van der Waals surface area (Å²) in [7, 11) is 0. The van der Waals surface area contributed by atoms with Crippen molar-refractivity contribution in [3.05, 3.63) is 6.33 Å². The summed E-state index contributed by atoms with van der Waals surface area (Å²) in [4.78, 5) is 13.1. The number of nitrogen functional groups attached to an aromatic ring is 1. The molecule has 7 heteroatoms. The molecular formula is C14H26N6O. The van der Waals surface area contributed by atoms with Crippen LogP contribution >= 0.6 is 0 Å². The Kier molecular flexibility index (Phi) is 6.01. The number of anilines is 3. The highest BCUT2D eigenvalue weighted by atomic mass is 16.5. The zero-order chi connectivity index (χ0) is 15.1. The highest BCUT2D eigenvalue weighted by Gasteiger charge is 2.13. The highest BCUT2D eigenvalue weighted by Crippen LogP contribution is 2.25. The van der Waals surface area contributed by atoms with E-state index in [1.807, 2.05) is 0 Å². The van der Waals surface area contributed by atoms with Gasteiger partial charge in [-0.2, -0.15) is 0 Å². The van der Waals surface area contributed by atoms with Crippen molar-refractivity contribution in [2.45, 2.75) is 13.8 Å². The van der Waals surface area contributed by atoms with Gasteiger partial charge in [-0.3, -0.25) is 4.90 Å². The van der Waals surface area contributed by atoms with E-state index in [0.29, 0.717) is 5.69 Å². The molecule has 2 rings (SSSR count). The van der Waals surface area contributed by atoms with E-state index in [2.05, 4.69) is 38.9 Å². The summed E-state index contributed by atoms with van der Waals surface area (Å²) in [5.74, 6) is 1.53. The van der Waals surface area contributed by atoms with E-state index in [4.69, 9.17) is 10.5 Å². The van der Waals surface area contributed by atoms with Crippen LogP contribution in [0.1, 0.15) is 13.8 Å². The Labute approximate surface area is 126 Å². The second-order valence-electron chi connectivity index (χ2n) is 5.01. The molecule has 0 unspecified atom stereocenters. The van der Waals surface area contributed by atoms with E-state index < -0.39 is 0 Å². The van der Waals surface area contributed by atoms with Gasteiger partial charge < -0.3 is 20.7 Å². The summed E-state index contributed by atoms with van der Waals surface area (Å²) < 4.78 is 5.34. The molecule has 1 aliphatic heterocycles. The van der Waals surface area contributed by atoms with Crippen molar-refractivity contribution >= 4 is 17.3 Å². The molecule has 7 nitrogen and oxygen atoms in total. The monoisotopic (exact) mass is 294 g/mol. The number of rotatable bonds is 7. The molecule has 1 aromatic rings. The smallest absolute Gasteiger partial charge is 0.157 e. The zero-order valence-corrected chi connectivity index (χ0v) is 13.0. The van der Waals surface area contributed by atoms with E-state index in [0.717, 1.165) is 64.1 Å². The Morgan fingerprint density at radius 1 is 1.29 bits per heavy atom. The van der Waals surface area contributed by atoms with Crippen LogP contribution in [-0.2, 0) is 4.74 Å². The van der Waals surface area contributed by atoms with Crippen LogP contribution in [0.3, 0.4) is 0 Å². The van der Waals surface area contributed by atoms with Gasteiger partial charge in [0.15, 0.2) is 11.6 Å². The largest absolute Gasteiger partial charge is 0.393 e. The number of nitrogens with two attached hydrogens (primary N) is 1. The molecular weight excluding hydrogens is 268 g/mol. The van der Waals surface area contributed by atoms with Crippen molar-refractivity contribution in [1.29, 1.82) is 0 Å². The summed E-state index contributed by atoms with van der Waals surface area (Å²) in [5, 5.41) is 3.32. The molecule has 0 radical (unpaired) electrons. The third-order valence-electron chi connectivity index (χ3n) is 3.75. The fraction of sp³-hybridized carbons (Fsp3) is 0.714.